The number of carbonyl (C=O) groups excluding carboxylic acids is 1. The van der Waals surface area contributed by atoms with Crippen LogP contribution in [0.5, 0.6) is 0 Å². The minimum absolute atomic E-state index is 0.0749. The molecule has 0 heterocycles. The van der Waals surface area contributed by atoms with Gasteiger partial charge in [0.15, 0.2) is 5.84 Å². The van der Waals surface area contributed by atoms with Crippen molar-refractivity contribution >= 4 is 11.7 Å². The molecule has 0 atom stereocenters. The first kappa shape index (κ1) is 15.8. The number of carbonyl (C=O) groups is 1. The van der Waals surface area contributed by atoms with E-state index in [-0.39, 0.29) is 11.7 Å². The Hall–Kier alpha value is -1.30. The maximum atomic E-state index is 12.0. The first-order valence-corrected chi connectivity index (χ1v) is 6.86. The zero-order chi connectivity index (χ0) is 14.5. The molecule has 6 heteroatoms. The molecular formula is C13H26N4O2. The predicted octanol–water partition coefficient (Wildman–Crippen LogP) is 0.750. The van der Waals surface area contributed by atoms with Gasteiger partial charge < -0.3 is 21.2 Å². The van der Waals surface area contributed by atoms with Crippen LogP contribution in [0.1, 0.15) is 39.5 Å². The van der Waals surface area contributed by atoms with Crippen LogP contribution in [0.15, 0.2) is 5.16 Å². The van der Waals surface area contributed by atoms with Gasteiger partial charge in [-0.25, -0.2) is 0 Å². The van der Waals surface area contributed by atoms with E-state index >= 15 is 0 Å². The second-order valence-electron chi connectivity index (χ2n) is 5.79. The highest BCUT2D eigenvalue weighted by molar-refractivity contribution is 6.05. The predicted molar refractivity (Wildman–Crippen MR) is 75.1 cm³/mol. The number of amidine groups is 1. The Balaban J connectivity index is 2.34. The van der Waals surface area contributed by atoms with Gasteiger partial charge in [0.2, 0.25) is 5.91 Å². The van der Waals surface area contributed by atoms with Crippen LogP contribution in [0, 0.1) is 5.41 Å². The lowest BCUT2D eigenvalue weighted by molar-refractivity contribution is -0.126. The largest absolute Gasteiger partial charge is 0.409 e. The number of nitrogens with zero attached hydrogens (tertiary/aromatic N) is 2. The summed E-state index contributed by atoms with van der Waals surface area (Å²) < 4.78 is 0. The molecule has 6 nitrogen and oxygen atoms in total. The minimum atomic E-state index is -0.985. The molecule has 1 amide bonds. The van der Waals surface area contributed by atoms with Crippen molar-refractivity contribution in [2.24, 2.45) is 16.3 Å². The summed E-state index contributed by atoms with van der Waals surface area (Å²) in [6.07, 6.45) is 5.11. The van der Waals surface area contributed by atoms with E-state index in [1.54, 1.807) is 13.8 Å². The maximum absolute atomic E-state index is 12.0. The van der Waals surface area contributed by atoms with Crippen LogP contribution in [-0.4, -0.2) is 48.0 Å². The Kier molecular flexibility index (Phi) is 5.60. The van der Waals surface area contributed by atoms with Crippen molar-refractivity contribution in [1.29, 1.82) is 0 Å². The Morgan fingerprint density at radius 3 is 2.58 bits per heavy atom. The van der Waals surface area contributed by atoms with Crippen LogP contribution in [0.25, 0.3) is 0 Å². The van der Waals surface area contributed by atoms with E-state index in [4.69, 9.17) is 10.9 Å². The summed E-state index contributed by atoms with van der Waals surface area (Å²) in [7, 11) is 2.09. The van der Waals surface area contributed by atoms with E-state index < -0.39 is 5.41 Å². The van der Waals surface area contributed by atoms with Crippen molar-refractivity contribution in [3.8, 4) is 0 Å². The minimum Gasteiger partial charge on any atom is -0.409 e. The second kappa shape index (κ2) is 6.75. The zero-order valence-electron chi connectivity index (χ0n) is 12.1. The van der Waals surface area contributed by atoms with Gasteiger partial charge in [0, 0.05) is 19.1 Å². The number of nitrogens with one attached hydrogen (secondary N) is 1. The topological polar surface area (TPSA) is 91.0 Å². The van der Waals surface area contributed by atoms with Gasteiger partial charge in [0.25, 0.3) is 0 Å². The van der Waals surface area contributed by atoms with Crippen LogP contribution in [0.3, 0.4) is 0 Å². The first-order valence-electron chi connectivity index (χ1n) is 6.86. The van der Waals surface area contributed by atoms with Gasteiger partial charge in [-0.05, 0) is 33.7 Å². The molecule has 0 spiro atoms. The van der Waals surface area contributed by atoms with Crippen LogP contribution in [0.2, 0.25) is 0 Å². The molecule has 1 rings (SSSR count). The highest BCUT2D eigenvalue weighted by atomic mass is 16.4. The molecule has 19 heavy (non-hydrogen) atoms. The average Bonchev–Trinajstić information content (AvgIpc) is 2.91. The van der Waals surface area contributed by atoms with Crippen LogP contribution >= 0.6 is 0 Å². The lowest BCUT2D eigenvalue weighted by Crippen LogP contribution is -2.47. The molecule has 4 N–H and O–H groups in total. The van der Waals surface area contributed by atoms with Crippen molar-refractivity contribution in [3.05, 3.63) is 0 Å². The fourth-order valence-corrected chi connectivity index (χ4v) is 2.34. The Morgan fingerprint density at radius 2 is 2.05 bits per heavy atom. The highest BCUT2D eigenvalue weighted by Crippen LogP contribution is 2.22. The Labute approximate surface area is 115 Å². The summed E-state index contributed by atoms with van der Waals surface area (Å²) in [4.78, 5) is 14.3. The van der Waals surface area contributed by atoms with Gasteiger partial charge in [-0.1, -0.05) is 18.0 Å². The number of oxime groups is 1. The fraction of sp³-hybridized carbons (Fsp3) is 0.846. The van der Waals surface area contributed by atoms with E-state index in [0.29, 0.717) is 12.6 Å². The smallest absolute Gasteiger partial charge is 0.233 e. The molecule has 110 valence electrons. The van der Waals surface area contributed by atoms with E-state index in [0.717, 1.165) is 6.54 Å². The molecule has 0 unspecified atom stereocenters. The van der Waals surface area contributed by atoms with Crippen LogP contribution in [0.4, 0.5) is 0 Å². The molecule has 1 aliphatic carbocycles. The molecule has 0 aliphatic heterocycles. The molecule has 0 bridgehead atoms. The van der Waals surface area contributed by atoms with Crippen molar-refractivity contribution in [3.63, 3.8) is 0 Å². The summed E-state index contributed by atoms with van der Waals surface area (Å²) in [5, 5.41) is 14.4. The van der Waals surface area contributed by atoms with Crippen molar-refractivity contribution in [2.45, 2.75) is 45.6 Å². The molecule has 0 radical (unpaired) electrons. The third-order valence-corrected chi connectivity index (χ3v) is 4.01. The lowest BCUT2D eigenvalue weighted by Gasteiger charge is -2.26. The number of rotatable bonds is 6. The molecule has 1 saturated carbocycles. The van der Waals surface area contributed by atoms with Gasteiger partial charge in [0.05, 0.1) is 0 Å². The van der Waals surface area contributed by atoms with Gasteiger partial charge in [-0.2, -0.15) is 0 Å². The zero-order valence-corrected chi connectivity index (χ0v) is 12.1. The SMILES string of the molecule is CN(CCNC(=O)C(C)(C)C(N)=NO)C1CCCC1. The van der Waals surface area contributed by atoms with Gasteiger partial charge >= 0.3 is 0 Å². The molecule has 1 fully saturated rings. The summed E-state index contributed by atoms with van der Waals surface area (Å²) in [6, 6.07) is 0.647. The van der Waals surface area contributed by atoms with Crippen molar-refractivity contribution in [2.75, 3.05) is 20.1 Å². The molecule has 0 aromatic rings. The number of hydrogen-bond acceptors (Lipinski definition) is 4. The summed E-state index contributed by atoms with van der Waals surface area (Å²) in [6.45, 7) is 4.67. The second-order valence-corrected chi connectivity index (χ2v) is 5.79. The average molecular weight is 270 g/mol. The van der Waals surface area contributed by atoms with Crippen molar-refractivity contribution in [1.82, 2.24) is 10.2 Å². The number of nitrogens with two attached hydrogens (primary N) is 1. The molecular weight excluding hydrogens is 244 g/mol. The third kappa shape index (κ3) is 4.09. The summed E-state index contributed by atoms with van der Waals surface area (Å²) >= 11 is 0. The lowest BCUT2D eigenvalue weighted by atomic mass is 9.91. The molecule has 0 saturated heterocycles. The standard InChI is InChI=1S/C13H26N4O2/c1-13(2,11(14)16-19)12(18)15-8-9-17(3)10-6-4-5-7-10/h10,19H,4-9H2,1-3H3,(H2,14,16)(H,15,18). The van der Waals surface area contributed by atoms with E-state index in [1.165, 1.54) is 25.7 Å². The summed E-state index contributed by atoms with van der Waals surface area (Å²) in [5.74, 6) is -0.295. The normalized spacial score (nSPS) is 18.0. The van der Waals surface area contributed by atoms with Gasteiger partial charge in [-0.15, -0.1) is 0 Å². The third-order valence-electron chi connectivity index (χ3n) is 4.01. The van der Waals surface area contributed by atoms with Crippen LogP contribution in [-0.2, 0) is 4.79 Å². The number of amides is 1. The summed E-state index contributed by atoms with van der Waals surface area (Å²) in [5.41, 5.74) is 4.53. The van der Waals surface area contributed by atoms with E-state index in [9.17, 15) is 4.79 Å². The van der Waals surface area contributed by atoms with Gasteiger partial charge in [0.1, 0.15) is 5.41 Å². The molecule has 0 aromatic heterocycles. The maximum Gasteiger partial charge on any atom is 0.233 e. The van der Waals surface area contributed by atoms with E-state index in [2.05, 4.69) is 22.4 Å². The Morgan fingerprint density at radius 1 is 1.47 bits per heavy atom. The Bertz CT molecular complexity index is 336. The quantitative estimate of drug-likeness (QED) is 0.287. The molecule has 0 aromatic carbocycles. The van der Waals surface area contributed by atoms with Gasteiger partial charge in [-0.3, -0.25) is 4.79 Å². The van der Waals surface area contributed by atoms with E-state index in [1.807, 2.05) is 0 Å². The monoisotopic (exact) mass is 270 g/mol. The number of hydrogen-bond donors (Lipinski definition) is 3. The fourth-order valence-electron chi connectivity index (χ4n) is 2.34. The first-order chi connectivity index (χ1) is 8.89. The number of likely N-dealkylation sites (N-methyl/N-ethyl adjacent to an activating group) is 1. The molecule has 1 aliphatic rings. The highest BCUT2D eigenvalue weighted by Gasteiger charge is 2.32. The van der Waals surface area contributed by atoms with Crippen LogP contribution < -0.4 is 11.1 Å². The van der Waals surface area contributed by atoms with Crippen molar-refractivity contribution < 1.29 is 10.0 Å².